The van der Waals surface area contributed by atoms with Crippen LogP contribution in [0.25, 0.3) is 0 Å². The van der Waals surface area contributed by atoms with Gasteiger partial charge in [-0.3, -0.25) is 9.59 Å². The standard InChI is InChI=1S/C15H21NO3S/c1-11(2)14(15(19)16(3)9-13(17)18)20-10-12-7-5-4-6-8-12/h4-8,11,14H,9-10H2,1-3H3,(H,17,18). The number of thioether (sulfide) groups is 1. The summed E-state index contributed by atoms with van der Waals surface area (Å²) in [6, 6.07) is 9.95. The SMILES string of the molecule is CC(C)C(SCc1ccccc1)C(=O)N(C)CC(=O)O. The molecule has 0 aliphatic carbocycles. The van der Waals surface area contributed by atoms with Crippen LogP contribution in [0.3, 0.4) is 0 Å². The highest BCUT2D eigenvalue weighted by Gasteiger charge is 2.26. The van der Waals surface area contributed by atoms with Crippen LogP contribution in [-0.2, 0) is 15.3 Å². The van der Waals surface area contributed by atoms with Crippen molar-refractivity contribution in [3.63, 3.8) is 0 Å². The Balaban J connectivity index is 2.64. The molecule has 4 nitrogen and oxygen atoms in total. The Kier molecular flexibility index (Phi) is 6.58. The number of carboxylic acid groups (broad SMARTS) is 1. The van der Waals surface area contributed by atoms with Crippen LogP contribution in [0.1, 0.15) is 19.4 Å². The van der Waals surface area contributed by atoms with Crippen molar-refractivity contribution in [1.82, 2.24) is 4.90 Å². The highest BCUT2D eigenvalue weighted by atomic mass is 32.2. The lowest BCUT2D eigenvalue weighted by Crippen LogP contribution is -2.40. The van der Waals surface area contributed by atoms with Gasteiger partial charge in [-0.05, 0) is 11.5 Å². The van der Waals surface area contributed by atoms with E-state index in [0.717, 1.165) is 11.3 Å². The fourth-order valence-corrected chi connectivity index (χ4v) is 3.08. The fraction of sp³-hybridized carbons (Fsp3) is 0.467. The normalized spacial score (nSPS) is 12.2. The van der Waals surface area contributed by atoms with E-state index >= 15 is 0 Å². The Morgan fingerprint density at radius 2 is 1.85 bits per heavy atom. The molecule has 0 bridgehead atoms. The number of carbonyl (C=O) groups excluding carboxylic acids is 1. The zero-order valence-electron chi connectivity index (χ0n) is 12.1. The van der Waals surface area contributed by atoms with Gasteiger partial charge in [-0.1, -0.05) is 44.2 Å². The predicted octanol–water partition coefficient (Wildman–Crippen LogP) is 2.49. The first-order valence-corrected chi connectivity index (χ1v) is 7.59. The van der Waals surface area contributed by atoms with Crippen LogP contribution in [0, 0.1) is 5.92 Å². The van der Waals surface area contributed by atoms with Crippen LogP contribution in [0.5, 0.6) is 0 Å². The van der Waals surface area contributed by atoms with Crippen molar-refractivity contribution in [3.8, 4) is 0 Å². The van der Waals surface area contributed by atoms with Crippen LogP contribution in [0.4, 0.5) is 0 Å². The number of aliphatic carboxylic acids is 1. The molecule has 1 unspecified atom stereocenters. The molecule has 20 heavy (non-hydrogen) atoms. The van der Waals surface area contributed by atoms with E-state index in [1.807, 2.05) is 44.2 Å². The number of hydrogen-bond acceptors (Lipinski definition) is 3. The van der Waals surface area contributed by atoms with E-state index in [-0.39, 0.29) is 23.6 Å². The molecule has 5 heteroatoms. The van der Waals surface area contributed by atoms with Crippen molar-refractivity contribution in [2.75, 3.05) is 13.6 Å². The van der Waals surface area contributed by atoms with Crippen molar-refractivity contribution in [1.29, 1.82) is 0 Å². The lowest BCUT2D eigenvalue weighted by Gasteiger charge is -2.24. The minimum Gasteiger partial charge on any atom is -0.480 e. The zero-order chi connectivity index (χ0) is 15.1. The maximum atomic E-state index is 12.3. The van der Waals surface area contributed by atoms with Crippen molar-refractivity contribution in [3.05, 3.63) is 35.9 Å². The maximum absolute atomic E-state index is 12.3. The maximum Gasteiger partial charge on any atom is 0.323 e. The lowest BCUT2D eigenvalue weighted by atomic mass is 10.1. The summed E-state index contributed by atoms with van der Waals surface area (Å²) in [6.45, 7) is 3.71. The Bertz CT molecular complexity index is 448. The van der Waals surface area contributed by atoms with Crippen molar-refractivity contribution >= 4 is 23.6 Å². The summed E-state index contributed by atoms with van der Waals surface area (Å²) in [6.07, 6.45) is 0. The van der Waals surface area contributed by atoms with Gasteiger partial charge in [0.2, 0.25) is 5.91 Å². The van der Waals surface area contributed by atoms with E-state index in [0.29, 0.717) is 0 Å². The Morgan fingerprint density at radius 3 is 2.35 bits per heavy atom. The molecule has 1 aromatic rings. The summed E-state index contributed by atoms with van der Waals surface area (Å²) >= 11 is 1.56. The zero-order valence-corrected chi connectivity index (χ0v) is 12.9. The lowest BCUT2D eigenvalue weighted by molar-refractivity contribution is -0.143. The topological polar surface area (TPSA) is 57.6 Å². The predicted molar refractivity (Wildman–Crippen MR) is 81.6 cm³/mol. The minimum atomic E-state index is -0.989. The largest absolute Gasteiger partial charge is 0.480 e. The van der Waals surface area contributed by atoms with E-state index < -0.39 is 5.97 Å². The number of amides is 1. The monoisotopic (exact) mass is 295 g/mol. The van der Waals surface area contributed by atoms with Gasteiger partial charge in [0.15, 0.2) is 0 Å². The summed E-state index contributed by atoms with van der Waals surface area (Å²) in [5.41, 5.74) is 1.16. The third-order valence-electron chi connectivity index (χ3n) is 2.87. The first-order valence-electron chi connectivity index (χ1n) is 6.54. The second kappa shape index (κ2) is 7.94. The molecular formula is C15H21NO3S. The third-order valence-corrected chi connectivity index (χ3v) is 4.48. The molecule has 0 aliphatic rings. The molecular weight excluding hydrogens is 274 g/mol. The van der Waals surface area contributed by atoms with Crippen molar-refractivity contribution < 1.29 is 14.7 Å². The van der Waals surface area contributed by atoms with Gasteiger partial charge in [-0.15, -0.1) is 11.8 Å². The summed E-state index contributed by atoms with van der Waals surface area (Å²) < 4.78 is 0. The summed E-state index contributed by atoms with van der Waals surface area (Å²) in [5.74, 6) is -0.205. The average molecular weight is 295 g/mol. The molecule has 0 heterocycles. The van der Waals surface area contributed by atoms with Gasteiger partial charge in [-0.2, -0.15) is 0 Å². The molecule has 1 rings (SSSR count). The summed E-state index contributed by atoms with van der Waals surface area (Å²) in [4.78, 5) is 24.3. The number of nitrogens with zero attached hydrogens (tertiary/aromatic N) is 1. The van der Waals surface area contributed by atoms with Gasteiger partial charge in [0, 0.05) is 12.8 Å². The van der Waals surface area contributed by atoms with Gasteiger partial charge in [0.05, 0.1) is 5.25 Å². The Hall–Kier alpha value is -1.49. The van der Waals surface area contributed by atoms with Crippen LogP contribution in [-0.4, -0.2) is 40.7 Å². The molecule has 0 saturated heterocycles. The second-order valence-corrected chi connectivity index (χ2v) is 6.18. The highest BCUT2D eigenvalue weighted by molar-refractivity contribution is 7.99. The van der Waals surface area contributed by atoms with E-state index in [1.54, 1.807) is 11.8 Å². The Morgan fingerprint density at radius 1 is 1.25 bits per heavy atom. The molecule has 1 N–H and O–H groups in total. The minimum absolute atomic E-state index is 0.122. The number of likely N-dealkylation sites (N-methyl/N-ethyl adjacent to an activating group) is 1. The molecule has 0 aromatic heterocycles. The van der Waals surface area contributed by atoms with Crippen LogP contribution >= 0.6 is 11.8 Å². The molecule has 0 spiro atoms. The van der Waals surface area contributed by atoms with Crippen molar-refractivity contribution in [2.24, 2.45) is 5.92 Å². The first kappa shape index (κ1) is 16.6. The number of carboxylic acids is 1. The van der Waals surface area contributed by atoms with Crippen LogP contribution in [0.15, 0.2) is 30.3 Å². The van der Waals surface area contributed by atoms with E-state index in [2.05, 4.69) is 0 Å². The molecule has 0 fully saturated rings. The average Bonchev–Trinajstić information content (AvgIpc) is 2.38. The second-order valence-electron chi connectivity index (χ2n) is 5.05. The molecule has 1 aromatic carbocycles. The van der Waals surface area contributed by atoms with Crippen LogP contribution in [0.2, 0.25) is 0 Å². The molecule has 110 valence electrons. The molecule has 0 aliphatic heterocycles. The molecule has 0 radical (unpaired) electrons. The number of rotatable bonds is 7. The van der Waals surface area contributed by atoms with Gasteiger partial charge in [0.1, 0.15) is 6.54 Å². The van der Waals surface area contributed by atoms with Gasteiger partial charge in [-0.25, -0.2) is 0 Å². The smallest absolute Gasteiger partial charge is 0.323 e. The fourth-order valence-electron chi connectivity index (χ4n) is 1.81. The van der Waals surface area contributed by atoms with Gasteiger partial charge in [0.25, 0.3) is 0 Å². The first-order chi connectivity index (χ1) is 9.41. The number of benzene rings is 1. The van der Waals surface area contributed by atoms with Gasteiger partial charge < -0.3 is 10.0 Å². The summed E-state index contributed by atoms with van der Waals surface area (Å²) in [7, 11) is 1.54. The van der Waals surface area contributed by atoms with E-state index in [1.165, 1.54) is 11.9 Å². The molecule has 1 atom stereocenters. The van der Waals surface area contributed by atoms with Crippen molar-refractivity contribution in [2.45, 2.75) is 24.9 Å². The third kappa shape index (κ3) is 5.25. The highest BCUT2D eigenvalue weighted by Crippen LogP contribution is 2.25. The van der Waals surface area contributed by atoms with Crippen LogP contribution < -0.4 is 0 Å². The number of hydrogen-bond donors (Lipinski definition) is 1. The number of carbonyl (C=O) groups is 2. The Labute approximate surface area is 124 Å². The molecule has 1 amide bonds. The van der Waals surface area contributed by atoms with E-state index in [4.69, 9.17) is 5.11 Å². The molecule has 0 saturated carbocycles. The van der Waals surface area contributed by atoms with E-state index in [9.17, 15) is 9.59 Å². The quantitative estimate of drug-likeness (QED) is 0.839. The summed E-state index contributed by atoms with van der Waals surface area (Å²) in [5, 5.41) is 8.54. The van der Waals surface area contributed by atoms with Gasteiger partial charge >= 0.3 is 5.97 Å².